The van der Waals surface area contributed by atoms with Crippen LogP contribution in [0.4, 0.5) is 0 Å². The molecule has 0 unspecified atom stereocenters. The Balaban J connectivity index is 2.34. The lowest BCUT2D eigenvalue weighted by Crippen LogP contribution is -2.31. The monoisotopic (exact) mass is 251 g/mol. The zero-order valence-corrected chi connectivity index (χ0v) is 10.3. The van der Waals surface area contributed by atoms with Crippen LogP contribution < -0.4 is 16.2 Å². The molecule has 1 aromatic heterocycles. The number of aromatic nitrogens is 1. The second-order valence-electron chi connectivity index (χ2n) is 3.80. The first-order valence-corrected chi connectivity index (χ1v) is 5.87. The maximum atomic E-state index is 11.6. The van der Waals surface area contributed by atoms with Gasteiger partial charge in [0.15, 0.2) is 0 Å². The second-order valence-corrected chi connectivity index (χ2v) is 3.80. The third kappa shape index (κ3) is 4.82. The minimum absolute atomic E-state index is 0.0944. The summed E-state index contributed by atoms with van der Waals surface area (Å²) in [5.41, 5.74) is -0.0453. The summed E-state index contributed by atoms with van der Waals surface area (Å²) in [7, 11) is 0. The van der Waals surface area contributed by atoms with Gasteiger partial charge in [-0.25, -0.2) is 0 Å². The summed E-state index contributed by atoms with van der Waals surface area (Å²) in [6.07, 6.45) is 2.52. The van der Waals surface area contributed by atoms with E-state index in [0.717, 1.165) is 6.42 Å². The number of aromatic amines is 1. The van der Waals surface area contributed by atoms with Crippen LogP contribution >= 0.6 is 0 Å². The molecule has 2 amide bonds. The normalized spacial score (nSPS) is 9.83. The molecule has 0 saturated heterocycles. The summed E-state index contributed by atoms with van der Waals surface area (Å²) in [6, 6.07) is 2.72. The van der Waals surface area contributed by atoms with Gasteiger partial charge in [0, 0.05) is 37.3 Å². The highest BCUT2D eigenvalue weighted by atomic mass is 16.2. The zero-order valence-electron chi connectivity index (χ0n) is 10.3. The van der Waals surface area contributed by atoms with E-state index in [0.29, 0.717) is 6.54 Å². The number of hydrogen-bond acceptors (Lipinski definition) is 3. The van der Waals surface area contributed by atoms with Crippen LogP contribution in [0.3, 0.4) is 0 Å². The van der Waals surface area contributed by atoms with Crippen LogP contribution in [0.2, 0.25) is 0 Å². The molecule has 6 heteroatoms. The van der Waals surface area contributed by atoms with Crippen molar-refractivity contribution < 1.29 is 9.59 Å². The predicted octanol–water partition coefficient (Wildman–Crippen LogP) is 0.0210. The first kappa shape index (κ1) is 14.0. The number of rotatable bonds is 6. The van der Waals surface area contributed by atoms with Crippen molar-refractivity contribution in [3.63, 3.8) is 0 Å². The molecule has 0 atom stereocenters. The second kappa shape index (κ2) is 7.26. The predicted molar refractivity (Wildman–Crippen MR) is 67.3 cm³/mol. The van der Waals surface area contributed by atoms with Crippen molar-refractivity contribution in [3.05, 3.63) is 34.2 Å². The lowest BCUT2D eigenvalue weighted by atomic mass is 10.2. The Labute approximate surface area is 105 Å². The number of pyridine rings is 1. The van der Waals surface area contributed by atoms with E-state index in [9.17, 15) is 14.4 Å². The molecule has 0 spiro atoms. The number of hydrogen-bond donors (Lipinski definition) is 3. The molecule has 0 aromatic carbocycles. The largest absolute Gasteiger partial charge is 0.356 e. The van der Waals surface area contributed by atoms with Crippen molar-refractivity contribution >= 4 is 11.8 Å². The lowest BCUT2D eigenvalue weighted by molar-refractivity contribution is -0.120. The summed E-state index contributed by atoms with van der Waals surface area (Å²) in [5, 5.41) is 5.29. The van der Waals surface area contributed by atoms with Crippen molar-refractivity contribution in [2.45, 2.75) is 19.8 Å². The molecule has 0 radical (unpaired) electrons. The van der Waals surface area contributed by atoms with Crippen LogP contribution in [0.25, 0.3) is 0 Å². The van der Waals surface area contributed by atoms with Gasteiger partial charge in [0.25, 0.3) is 5.91 Å². The minimum atomic E-state index is -0.357. The van der Waals surface area contributed by atoms with Gasteiger partial charge in [0.05, 0.1) is 0 Å². The maximum absolute atomic E-state index is 11.6. The Kier molecular flexibility index (Phi) is 5.63. The fourth-order valence-electron chi connectivity index (χ4n) is 1.33. The van der Waals surface area contributed by atoms with Gasteiger partial charge in [-0.3, -0.25) is 14.4 Å². The number of nitrogens with one attached hydrogen (secondary N) is 3. The van der Waals surface area contributed by atoms with Crippen LogP contribution in [0.1, 0.15) is 30.1 Å². The molecule has 1 aromatic rings. The lowest BCUT2D eigenvalue weighted by Gasteiger charge is -2.05. The summed E-state index contributed by atoms with van der Waals surface area (Å²) >= 11 is 0. The molecule has 0 aliphatic carbocycles. The van der Waals surface area contributed by atoms with Gasteiger partial charge in [-0.1, -0.05) is 6.92 Å². The van der Waals surface area contributed by atoms with Crippen LogP contribution in [0, 0.1) is 0 Å². The number of carbonyl (C=O) groups is 2. The number of carbonyl (C=O) groups excluding carboxylic acids is 2. The van der Waals surface area contributed by atoms with Crippen molar-refractivity contribution in [1.82, 2.24) is 15.6 Å². The van der Waals surface area contributed by atoms with E-state index in [4.69, 9.17) is 0 Å². The van der Waals surface area contributed by atoms with Crippen LogP contribution in [-0.4, -0.2) is 29.9 Å². The molecule has 0 fully saturated rings. The Morgan fingerprint density at radius 2 is 2.06 bits per heavy atom. The molecule has 18 heavy (non-hydrogen) atoms. The summed E-state index contributed by atoms with van der Waals surface area (Å²) in [4.78, 5) is 36.3. The van der Waals surface area contributed by atoms with Gasteiger partial charge in [0.1, 0.15) is 0 Å². The van der Waals surface area contributed by atoms with E-state index in [1.807, 2.05) is 6.92 Å². The van der Waals surface area contributed by atoms with Gasteiger partial charge in [-0.15, -0.1) is 0 Å². The first-order chi connectivity index (χ1) is 8.63. The van der Waals surface area contributed by atoms with Gasteiger partial charge in [-0.05, 0) is 12.5 Å². The van der Waals surface area contributed by atoms with E-state index in [2.05, 4.69) is 15.6 Å². The summed E-state index contributed by atoms with van der Waals surface area (Å²) in [6.45, 7) is 2.86. The highest BCUT2D eigenvalue weighted by molar-refractivity contribution is 5.94. The molecule has 98 valence electrons. The Morgan fingerprint density at radius 1 is 1.28 bits per heavy atom. The zero-order chi connectivity index (χ0) is 13.4. The van der Waals surface area contributed by atoms with E-state index in [1.54, 1.807) is 0 Å². The third-order valence-corrected chi connectivity index (χ3v) is 2.25. The molecule has 1 heterocycles. The Morgan fingerprint density at radius 3 is 2.72 bits per heavy atom. The molecule has 6 nitrogen and oxygen atoms in total. The van der Waals surface area contributed by atoms with E-state index in [-0.39, 0.29) is 35.9 Å². The van der Waals surface area contributed by atoms with Crippen LogP contribution in [0.5, 0.6) is 0 Å². The quantitative estimate of drug-likeness (QED) is 0.665. The topological polar surface area (TPSA) is 91.1 Å². The third-order valence-electron chi connectivity index (χ3n) is 2.25. The fourth-order valence-corrected chi connectivity index (χ4v) is 1.33. The molecule has 1 rings (SSSR count). The molecular formula is C12H17N3O3. The molecular weight excluding hydrogens is 234 g/mol. The number of amides is 2. The maximum Gasteiger partial charge on any atom is 0.251 e. The molecule has 0 aliphatic heterocycles. The highest BCUT2D eigenvalue weighted by Gasteiger charge is 2.06. The summed E-state index contributed by atoms with van der Waals surface area (Å²) in [5.74, 6) is -0.451. The average molecular weight is 251 g/mol. The fraction of sp³-hybridized carbons (Fsp3) is 0.417. The van der Waals surface area contributed by atoms with E-state index < -0.39 is 0 Å². The summed E-state index contributed by atoms with van der Waals surface area (Å²) < 4.78 is 0. The number of H-pyrrole nitrogens is 1. The molecule has 0 saturated carbocycles. The standard InChI is InChI=1S/C12H17N3O3/c1-2-5-13-10(16)4-7-15-12(18)9-3-6-14-11(17)8-9/h3,6,8H,2,4-5,7H2,1H3,(H,13,16)(H,14,17)(H,15,18). The molecule has 0 aliphatic rings. The van der Waals surface area contributed by atoms with E-state index >= 15 is 0 Å². The van der Waals surface area contributed by atoms with Gasteiger partial charge >= 0.3 is 0 Å². The SMILES string of the molecule is CCCNC(=O)CCNC(=O)c1cc[nH]c(=O)c1. The van der Waals surface area contributed by atoms with Gasteiger partial charge in [0.2, 0.25) is 11.5 Å². The smallest absolute Gasteiger partial charge is 0.251 e. The highest BCUT2D eigenvalue weighted by Crippen LogP contribution is 1.92. The van der Waals surface area contributed by atoms with Crippen molar-refractivity contribution in [2.75, 3.05) is 13.1 Å². The minimum Gasteiger partial charge on any atom is -0.356 e. The average Bonchev–Trinajstić information content (AvgIpc) is 2.36. The van der Waals surface area contributed by atoms with Gasteiger partial charge in [-0.2, -0.15) is 0 Å². The van der Waals surface area contributed by atoms with Crippen LogP contribution in [-0.2, 0) is 4.79 Å². The first-order valence-electron chi connectivity index (χ1n) is 5.87. The Hall–Kier alpha value is -2.11. The van der Waals surface area contributed by atoms with Crippen molar-refractivity contribution in [2.24, 2.45) is 0 Å². The van der Waals surface area contributed by atoms with E-state index in [1.165, 1.54) is 18.3 Å². The van der Waals surface area contributed by atoms with Gasteiger partial charge < -0.3 is 15.6 Å². The van der Waals surface area contributed by atoms with Crippen molar-refractivity contribution in [3.8, 4) is 0 Å². The molecule has 3 N–H and O–H groups in total. The molecule has 0 bridgehead atoms. The Bertz CT molecular complexity index is 468. The van der Waals surface area contributed by atoms with Crippen LogP contribution in [0.15, 0.2) is 23.1 Å². The van der Waals surface area contributed by atoms with Crippen molar-refractivity contribution in [1.29, 1.82) is 0 Å².